The van der Waals surface area contributed by atoms with E-state index in [9.17, 15) is 0 Å². The van der Waals surface area contributed by atoms with Gasteiger partial charge in [0.25, 0.3) is 0 Å². The quantitative estimate of drug-likeness (QED) is 0.846. The molecule has 0 radical (unpaired) electrons. The second kappa shape index (κ2) is 8.62. The molecule has 7 nitrogen and oxygen atoms in total. The van der Waals surface area contributed by atoms with Crippen molar-refractivity contribution in [3.8, 4) is 0 Å². The number of aromatic nitrogens is 3. The summed E-state index contributed by atoms with van der Waals surface area (Å²) in [5.74, 6) is 1.74. The fourth-order valence-electron chi connectivity index (χ4n) is 2.94. The molecule has 0 atom stereocenters. The van der Waals surface area contributed by atoms with Crippen molar-refractivity contribution in [2.24, 2.45) is 0 Å². The standard InChI is InChI=1S/C15H20N6O.2ClH/c1-2-12-13(17-3-1)14(20-8-10-22-11-9-20)19-15(18-12)21-6-4-16-5-7-21;;/h1-3,16H,4-11H2;2*1H. The SMILES string of the molecule is Cl.Cl.c1cnc2c(N3CCOCC3)nc(N3CCNCC3)nc2c1. The Bertz CT molecular complexity index is 661. The molecule has 1 N–H and O–H groups in total. The van der Waals surface area contributed by atoms with Gasteiger partial charge in [0.15, 0.2) is 5.82 Å². The maximum atomic E-state index is 5.46. The molecule has 0 saturated carbocycles. The Morgan fingerprint density at radius 1 is 0.958 bits per heavy atom. The van der Waals surface area contributed by atoms with Crippen LogP contribution in [0.15, 0.2) is 18.3 Å². The summed E-state index contributed by atoms with van der Waals surface area (Å²) in [7, 11) is 0. The number of ether oxygens (including phenoxy) is 1. The Morgan fingerprint density at radius 2 is 1.71 bits per heavy atom. The fraction of sp³-hybridized carbons (Fsp3) is 0.533. The largest absolute Gasteiger partial charge is 0.378 e. The number of hydrogen-bond acceptors (Lipinski definition) is 7. The molecular weight excluding hydrogens is 351 g/mol. The molecule has 2 fully saturated rings. The Labute approximate surface area is 153 Å². The number of morpholine rings is 1. The first-order valence-corrected chi connectivity index (χ1v) is 7.83. The summed E-state index contributed by atoms with van der Waals surface area (Å²) in [6.45, 7) is 7.00. The molecule has 2 aromatic heterocycles. The summed E-state index contributed by atoms with van der Waals surface area (Å²) in [6, 6.07) is 3.94. The van der Waals surface area contributed by atoms with Gasteiger partial charge in [0, 0.05) is 45.5 Å². The first-order valence-electron chi connectivity index (χ1n) is 7.83. The van der Waals surface area contributed by atoms with E-state index in [1.807, 2.05) is 12.1 Å². The van der Waals surface area contributed by atoms with E-state index >= 15 is 0 Å². The van der Waals surface area contributed by atoms with Crippen LogP contribution in [-0.2, 0) is 4.74 Å². The highest BCUT2D eigenvalue weighted by Gasteiger charge is 2.21. The first-order chi connectivity index (χ1) is 10.9. The van der Waals surface area contributed by atoms with E-state index in [1.165, 1.54) is 0 Å². The lowest BCUT2D eigenvalue weighted by Crippen LogP contribution is -2.44. The van der Waals surface area contributed by atoms with Gasteiger partial charge in [0.2, 0.25) is 5.95 Å². The molecule has 2 saturated heterocycles. The van der Waals surface area contributed by atoms with Crippen molar-refractivity contribution in [3.05, 3.63) is 18.3 Å². The Kier molecular flexibility index (Phi) is 6.79. The van der Waals surface area contributed by atoms with E-state index in [2.05, 4.69) is 20.1 Å². The summed E-state index contributed by atoms with van der Waals surface area (Å²) in [5.41, 5.74) is 1.79. The molecule has 9 heteroatoms. The van der Waals surface area contributed by atoms with Gasteiger partial charge in [-0.3, -0.25) is 4.98 Å². The number of halogens is 2. The number of nitrogens with one attached hydrogen (secondary N) is 1. The van der Waals surface area contributed by atoms with Crippen molar-refractivity contribution >= 4 is 47.6 Å². The molecule has 0 spiro atoms. The minimum atomic E-state index is 0. The highest BCUT2D eigenvalue weighted by Crippen LogP contribution is 2.25. The molecule has 0 amide bonds. The van der Waals surface area contributed by atoms with Crippen LogP contribution in [0, 0.1) is 0 Å². The topological polar surface area (TPSA) is 66.4 Å². The Hall–Kier alpha value is -1.41. The normalized spacial score (nSPS) is 18.0. The minimum Gasteiger partial charge on any atom is -0.378 e. The van der Waals surface area contributed by atoms with Gasteiger partial charge in [0.1, 0.15) is 5.52 Å². The van der Waals surface area contributed by atoms with Gasteiger partial charge in [-0.05, 0) is 12.1 Å². The molecule has 0 aliphatic carbocycles. The van der Waals surface area contributed by atoms with Crippen LogP contribution in [0.25, 0.3) is 11.0 Å². The molecule has 2 aliphatic rings. The highest BCUT2D eigenvalue weighted by molar-refractivity contribution is 5.86. The Morgan fingerprint density at radius 3 is 2.46 bits per heavy atom. The van der Waals surface area contributed by atoms with Crippen LogP contribution in [0.3, 0.4) is 0 Å². The minimum absolute atomic E-state index is 0. The third-order valence-corrected chi connectivity index (χ3v) is 4.14. The lowest BCUT2D eigenvalue weighted by atomic mass is 10.3. The van der Waals surface area contributed by atoms with Crippen molar-refractivity contribution in [2.45, 2.75) is 0 Å². The zero-order valence-electron chi connectivity index (χ0n) is 13.3. The van der Waals surface area contributed by atoms with Crippen LogP contribution < -0.4 is 15.1 Å². The molecule has 2 aliphatic heterocycles. The molecule has 4 rings (SSSR count). The summed E-state index contributed by atoms with van der Waals surface area (Å²) < 4.78 is 5.46. The molecule has 2 aromatic rings. The summed E-state index contributed by atoms with van der Waals surface area (Å²) in [4.78, 5) is 18.6. The zero-order valence-corrected chi connectivity index (χ0v) is 15.0. The molecule has 0 unspecified atom stereocenters. The molecular formula is C15H22Cl2N6O. The second-order valence-electron chi connectivity index (χ2n) is 5.55. The van der Waals surface area contributed by atoms with Gasteiger partial charge in [-0.2, -0.15) is 4.98 Å². The molecule has 132 valence electrons. The third kappa shape index (κ3) is 3.80. The van der Waals surface area contributed by atoms with Crippen LogP contribution in [0.4, 0.5) is 11.8 Å². The van der Waals surface area contributed by atoms with Crippen LogP contribution in [0.1, 0.15) is 0 Å². The number of fused-ring (bicyclic) bond motifs is 1. The van der Waals surface area contributed by atoms with Crippen LogP contribution in [0.5, 0.6) is 0 Å². The van der Waals surface area contributed by atoms with Gasteiger partial charge >= 0.3 is 0 Å². The van der Waals surface area contributed by atoms with Crippen LogP contribution in [0.2, 0.25) is 0 Å². The number of rotatable bonds is 2. The predicted octanol–water partition coefficient (Wildman–Crippen LogP) is 1.11. The highest BCUT2D eigenvalue weighted by atomic mass is 35.5. The lowest BCUT2D eigenvalue weighted by molar-refractivity contribution is 0.122. The molecule has 4 heterocycles. The van der Waals surface area contributed by atoms with Crippen LogP contribution >= 0.6 is 24.8 Å². The van der Waals surface area contributed by atoms with Gasteiger partial charge in [0.05, 0.1) is 18.7 Å². The van der Waals surface area contributed by atoms with Crippen LogP contribution in [-0.4, -0.2) is 67.4 Å². The van der Waals surface area contributed by atoms with Gasteiger partial charge in [-0.25, -0.2) is 4.98 Å². The van der Waals surface area contributed by atoms with E-state index in [1.54, 1.807) is 6.20 Å². The van der Waals surface area contributed by atoms with E-state index in [0.29, 0.717) is 0 Å². The summed E-state index contributed by atoms with van der Waals surface area (Å²) in [5, 5.41) is 3.36. The van der Waals surface area contributed by atoms with E-state index in [-0.39, 0.29) is 24.8 Å². The van der Waals surface area contributed by atoms with E-state index in [4.69, 9.17) is 14.7 Å². The maximum Gasteiger partial charge on any atom is 0.228 e. The summed E-state index contributed by atoms with van der Waals surface area (Å²) >= 11 is 0. The number of hydrogen-bond donors (Lipinski definition) is 1. The zero-order chi connectivity index (χ0) is 14.8. The monoisotopic (exact) mass is 372 g/mol. The smallest absolute Gasteiger partial charge is 0.228 e. The molecule has 0 aromatic carbocycles. The number of pyridine rings is 1. The van der Waals surface area contributed by atoms with Crippen molar-refractivity contribution < 1.29 is 4.74 Å². The van der Waals surface area contributed by atoms with Gasteiger partial charge in [-0.1, -0.05) is 0 Å². The molecule has 24 heavy (non-hydrogen) atoms. The average Bonchev–Trinajstić information content (AvgIpc) is 2.62. The molecule has 0 bridgehead atoms. The number of anilines is 2. The lowest BCUT2D eigenvalue weighted by Gasteiger charge is -2.31. The maximum absolute atomic E-state index is 5.46. The second-order valence-corrected chi connectivity index (χ2v) is 5.55. The average molecular weight is 373 g/mol. The fourth-order valence-corrected chi connectivity index (χ4v) is 2.94. The third-order valence-electron chi connectivity index (χ3n) is 4.14. The van der Waals surface area contributed by atoms with Crippen molar-refractivity contribution in [3.63, 3.8) is 0 Å². The van der Waals surface area contributed by atoms with Crippen molar-refractivity contribution in [1.29, 1.82) is 0 Å². The number of piperazine rings is 1. The van der Waals surface area contributed by atoms with Gasteiger partial charge in [-0.15, -0.1) is 24.8 Å². The Balaban J connectivity index is 0.00000104. The van der Waals surface area contributed by atoms with E-state index < -0.39 is 0 Å². The predicted molar refractivity (Wildman–Crippen MR) is 99.9 cm³/mol. The van der Waals surface area contributed by atoms with Crippen molar-refractivity contribution in [1.82, 2.24) is 20.3 Å². The van der Waals surface area contributed by atoms with E-state index in [0.717, 1.165) is 75.3 Å². The summed E-state index contributed by atoms with van der Waals surface area (Å²) in [6.07, 6.45) is 1.81. The van der Waals surface area contributed by atoms with Gasteiger partial charge < -0.3 is 19.9 Å². The number of nitrogens with zero attached hydrogens (tertiary/aromatic N) is 5. The first kappa shape index (κ1) is 18.9. The van der Waals surface area contributed by atoms with Crippen molar-refractivity contribution in [2.75, 3.05) is 62.3 Å².